The Morgan fingerprint density at radius 2 is 1.85 bits per heavy atom. The molecule has 7 atom stereocenters. The van der Waals surface area contributed by atoms with E-state index in [1.165, 1.54) is 0 Å². The summed E-state index contributed by atoms with van der Waals surface area (Å²) >= 11 is 0. The third-order valence-corrected chi connectivity index (χ3v) is 10.2. The first-order chi connectivity index (χ1) is 16.1. The molecular formula is C29H40N2O3. The van der Waals surface area contributed by atoms with Gasteiger partial charge in [-0.25, -0.2) is 0 Å². The molecule has 2 amide bonds. The van der Waals surface area contributed by atoms with Crippen LogP contribution in [0.5, 0.6) is 5.75 Å². The van der Waals surface area contributed by atoms with Gasteiger partial charge in [-0.2, -0.15) is 0 Å². The molecule has 5 nitrogen and oxygen atoms in total. The third kappa shape index (κ3) is 3.49. The van der Waals surface area contributed by atoms with Crippen LogP contribution in [0.3, 0.4) is 0 Å². The second-order valence-electron chi connectivity index (χ2n) is 12.2. The molecule has 0 bridgehead atoms. The monoisotopic (exact) mass is 464 g/mol. The van der Waals surface area contributed by atoms with Gasteiger partial charge in [0.15, 0.2) is 0 Å². The minimum atomic E-state index is -0.508. The van der Waals surface area contributed by atoms with Gasteiger partial charge in [-0.05, 0) is 87.7 Å². The predicted molar refractivity (Wildman–Crippen MR) is 133 cm³/mol. The third-order valence-electron chi connectivity index (χ3n) is 10.2. The zero-order valence-electron chi connectivity index (χ0n) is 21.3. The molecule has 3 aliphatic carbocycles. The Hall–Kier alpha value is -2.30. The van der Waals surface area contributed by atoms with Crippen molar-refractivity contribution in [2.24, 2.45) is 34.5 Å². The van der Waals surface area contributed by atoms with Crippen LogP contribution in [0.4, 0.5) is 0 Å². The highest BCUT2D eigenvalue weighted by Gasteiger charge is 2.61. The SMILES string of the molecule is COc1ccccc1C(C)(C)NC(=O)C1CC[C@H]2[C@@H]3CCC4NC(=O)C=C[C@]4(C)[C@@H]3CC[C@]12C. The lowest BCUT2D eigenvalue weighted by Gasteiger charge is -2.58. The molecule has 1 heterocycles. The summed E-state index contributed by atoms with van der Waals surface area (Å²) in [6, 6.07) is 8.20. The zero-order chi connectivity index (χ0) is 24.3. The van der Waals surface area contributed by atoms with Crippen LogP contribution in [-0.2, 0) is 15.1 Å². The molecule has 5 rings (SSSR count). The number of para-hydroxylation sites is 1. The largest absolute Gasteiger partial charge is 0.496 e. The number of amides is 2. The first-order valence-corrected chi connectivity index (χ1v) is 13.1. The van der Waals surface area contributed by atoms with E-state index in [0.29, 0.717) is 17.8 Å². The average molecular weight is 465 g/mol. The molecule has 1 aromatic rings. The lowest BCUT2D eigenvalue weighted by molar-refractivity contribution is -0.135. The molecule has 0 aromatic heterocycles. The van der Waals surface area contributed by atoms with Gasteiger partial charge in [0.2, 0.25) is 11.8 Å². The fourth-order valence-electron chi connectivity index (χ4n) is 8.39. The Kier molecular flexibility index (Phi) is 5.61. The summed E-state index contributed by atoms with van der Waals surface area (Å²) in [5.74, 6) is 2.86. The molecule has 3 fully saturated rings. The van der Waals surface area contributed by atoms with Crippen LogP contribution in [0, 0.1) is 34.5 Å². The zero-order valence-corrected chi connectivity index (χ0v) is 21.3. The van der Waals surface area contributed by atoms with E-state index in [0.717, 1.165) is 49.8 Å². The number of benzene rings is 1. The van der Waals surface area contributed by atoms with Crippen molar-refractivity contribution in [1.29, 1.82) is 0 Å². The highest BCUT2D eigenvalue weighted by Crippen LogP contribution is 2.65. The van der Waals surface area contributed by atoms with Crippen molar-refractivity contribution in [1.82, 2.24) is 10.6 Å². The van der Waals surface area contributed by atoms with E-state index in [4.69, 9.17) is 4.74 Å². The van der Waals surface area contributed by atoms with Gasteiger partial charge in [0.05, 0.1) is 12.6 Å². The summed E-state index contributed by atoms with van der Waals surface area (Å²) in [5.41, 5.74) is 0.565. The first kappa shape index (κ1) is 23.4. The fraction of sp³-hybridized carbons (Fsp3) is 0.655. The van der Waals surface area contributed by atoms with Crippen molar-refractivity contribution in [3.63, 3.8) is 0 Å². The maximum Gasteiger partial charge on any atom is 0.243 e. The van der Waals surface area contributed by atoms with Crippen molar-refractivity contribution < 1.29 is 14.3 Å². The second-order valence-corrected chi connectivity index (χ2v) is 12.2. The van der Waals surface area contributed by atoms with Crippen molar-refractivity contribution in [2.45, 2.75) is 77.8 Å². The molecule has 184 valence electrons. The number of carbonyl (C=O) groups excluding carboxylic acids is 2. The second kappa shape index (κ2) is 8.13. The summed E-state index contributed by atoms with van der Waals surface area (Å²) < 4.78 is 5.58. The topological polar surface area (TPSA) is 67.4 Å². The Morgan fingerprint density at radius 1 is 1.09 bits per heavy atom. The highest BCUT2D eigenvalue weighted by atomic mass is 16.5. The van der Waals surface area contributed by atoms with Gasteiger partial charge in [-0.1, -0.05) is 38.1 Å². The Balaban J connectivity index is 1.36. The van der Waals surface area contributed by atoms with Crippen molar-refractivity contribution in [3.8, 4) is 5.75 Å². The Morgan fingerprint density at radius 3 is 2.62 bits per heavy atom. The maximum absolute atomic E-state index is 13.8. The van der Waals surface area contributed by atoms with E-state index in [1.54, 1.807) is 13.2 Å². The van der Waals surface area contributed by atoms with Crippen LogP contribution in [0.25, 0.3) is 0 Å². The van der Waals surface area contributed by atoms with Crippen LogP contribution >= 0.6 is 0 Å². The number of fused-ring (bicyclic) bond motifs is 5. The van der Waals surface area contributed by atoms with Gasteiger partial charge < -0.3 is 15.4 Å². The van der Waals surface area contributed by atoms with Gasteiger partial charge in [0.25, 0.3) is 0 Å². The van der Waals surface area contributed by atoms with Gasteiger partial charge >= 0.3 is 0 Å². The number of carbonyl (C=O) groups is 2. The summed E-state index contributed by atoms with van der Waals surface area (Å²) in [4.78, 5) is 25.7. The molecule has 3 saturated carbocycles. The summed E-state index contributed by atoms with van der Waals surface area (Å²) in [6.45, 7) is 8.87. The minimum Gasteiger partial charge on any atom is -0.496 e. The molecule has 2 N–H and O–H groups in total. The number of hydrogen-bond acceptors (Lipinski definition) is 3. The average Bonchev–Trinajstić information content (AvgIpc) is 3.16. The van der Waals surface area contributed by atoms with Gasteiger partial charge in [0.1, 0.15) is 5.75 Å². The van der Waals surface area contributed by atoms with E-state index in [2.05, 4.69) is 44.4 Å². The number of ether oxygens (including phenoxy) is 1. The van der Waals surface area contributed by atoms with Gasteiger partial charge in [-0.15, -0.1) is 0 Å². The van der Waals surface area contributed by atoms with Crippen LogP contribution in [-0.4, -0.2) is 25.0 Å². The standard InChI is InChI=1S/C29H40N2O3/c1-27(2,21-8-6-7-9-23(21)34-5)31-26(33)22-12-11-19-18-10-13-24-29(4,17-15-25(32)30-24)20(18)14-16-28(19,22)3/h6-9,15,17-20,22,24H,10-14,16H2,1-5H3,(H,30,32)(H,31,33)/t18-,19-,20+,22?,24?,28-,29+/m0/s1. The Bertz CT molecular complexity index is 1020. The quantitative estimate of drug-likeness (QED) is 0.662. The molecule has 2 unspecified atom stereocenters. The number of rotatable bonds is 4. The molecule has 1 aromatic carbocycles. The van der Waals surface area contributed by atoms with Crippen LogP contribution in [0.15, 0.2) is 36.4 Å². The van der Waals surface area contributed by atoms with Crippen molar-refractivity contribution >= 4 is 11.8 Å². The van der Waals surface area contributed by atoms with Crippen LogP contribution < -0.4 is 15.4 Å². The molecule has 5 heteroatoms. The molecule has 34 heavy (non-hydrogen) atoms. The van der Waals surface area contributed by atoms with E-state index in [1.807, 2.05) is 24.3 Å². The van der Waals surface area contributed by atoms with Gasteiger partial charge in [-0.3, -0.25) is 9.59 Å². The molecule has 0 saturated heterocycles. The Labute approximate surface area is 204 Å². The summed E-state index contributed by atoms with van der Waals surface area (Å²) in [5, 5.41) is 6.64. The number of methoxy groups -OCH3 is 1. The van der Waals surface area contributed by atoms with E-state index >= 15 is 0 Å². The predicted octanol–water partition coefficient (Wildman–Crippen LogP) is 4.96. The normalized spacial score (nSPS) is 38.9. The minimum absolute atomic E-state index is 0.0321. The smallest absolute Gasteiger partial charge is 0.243 e. The lowest BCUT2D eigenvalue weighted by Crippen LogP contribution is -2.59. The summed E-state index contributed by atoms with van der Waals surface area (Å²) in [6.07, 6.45) is 10.4. The van der Waals surface area contributed by atoms with E-state index in [9.17, 15) is 9.59 Å². The van der Waals surface area contributed by atoms with Gasteiger partial charge in [0, 0.05) is 22.9 Å². The fourth-order valence-corrected chi connectivity index (χ4v) is 8.39. The highest BCUT2D eigenvalue weighted by molar-refractivity contribution is 5.89. The van der Waals surface area contributed by atoms with E-state index in [-0.39, 0.29) is 34.6 Å². The van der Waals surface area contributed by atoms with Crippen molar-refractivity contribution in [2.75, 3.05) is 7.11 Å². The molecule has 0 spiro atoms. The maximum atomic E-state index is 13.8. The van der Waals surface area contributed by atoms with Crippen molar-refractivity contribution in [3.05, 3.63) is 42.0 Å². The molecule has 0 radical (unpaired) electrons. The summed E-state index contributed by atoms with van der Waals surface area (Å²) in [7, 11) is 1.68. The molecule has 4 aliphatic rings. The van der Waals surface area contributed by atoms with Crippen LogP contribution in [0.1, 0.15) is 71.8 Å². The number of nitrogens with one attached hydrogen (secondary N) is 2. The van der Waals surface area contributed by atoms with E-state index < -0.39 is 5.54 Å². The molecule has 1 aliphatic heterocycles. The first-order valence-electron chi connectivity index (χ1n) is 13.1. The van der Waals surface area contributed by atoms with Crippen LogP contribution in [0.2, 0.25) is 0 Å². The molecular weight excluding hydrogens is 424 g/mol. The number of hydrogen-bond donors (Lipinski definition) is 2. The lowest BCUT2D eigenvalue weighted by atomic mass is 9.48.